The van der Waals surface area contributed by atoms with E-state index in [4.69, 9.17) is 14.4 Å². The fraction of sp³-hybridized carbons (Fsp3) is 0.400. The minimum Gasteiger partial charge on any atom is -0.371 e. The highest BCUT2D eigenvalue weighted by Gasteiger charge is 2.22. The van der Waals surface area contributed by atoms with Gasteiger partial charge in [-0.1, -0.05) is 6.08 Å². The third-order valence-corrected chi connectivity index (χ3v) is 1.56. The maximum atomic E-state index is 10.6. The van der Waals surface area contributed by atoms with Crippen molar-refractivity contribution in [2.45, 2.75) is 6.92 Å². The Hall–Kier alpha value is -0.580. The van der Waals surface area contributed by atoms with Gasteiger partial charge in [0.2, 0.25) is 0 Å². The second kappa shape index (κ2) is 8.99. The Bertz CT molecular complexity index is 238. The van der Waals surface area contributed by atoms with E-state index in [2.05, 4.69) is 15.6 Å². The van der Waals surface area contributed by atoms with Crippen molar-refractivity contribution < 1.29 is 32.8 Å². The van der Waals surface area contributed by atoms with Crippen LogP contribution >= 0.6 is 16.5 Å². The Kier molecular flexibility index (Phi) is 10.2. The number of carbonyl (C=O) groups is 1. The summed E-state index contributed by atoms with van der Waals surface area (Å²) in [6.45, 7) is 4.12. The second-order valence-corrected chi connectivity index (χ2v) is 3.29. The first-order chi connectivity index (χ1) is 6.39. The SMILES string of the molecule is C=CCOP(=O)(O)OC(C)=O.O=[PH+]O. The molecule has 0 aromatic carbocycles. The first kappa shape index (κ1) is 15.9. The zero-order valence-electron chi connectivity index (χ0n) is 7.37. The van der Waals surface area contributed by atoms with E-state index in [-0.39, 0.29) is 6.61 Å². The van der Waals surface area contributed by atoms with Gasteiger partial charge in [-0.15, -0.1) is 6.58 Å². The number of phosphoric ester groups is 1. The lowest BCUT2D eigenvalue weighted by atomic mass is 10.7. The Morgan fingerprint density at radius 2 is 2.14 bits per heavy atom. The van der Waals surface area contributed by atoms with Gasteiger partial charge in [-0.3, -0.25) is 14.2 Å². The smallest absolute Gasteiger partial charge is 0.371 e. The van der Waals surface area contributed by atoms with E-state index >= 15 is 0 Å². The molecule has 0 amide bonds. The van der Waals surface area contributed by atoms with Gasteiger partial charge in [0.1, 0.15) is 0 Å². The Morgan fingerprint density at radius 3 is 2.43 bits per heavy atom. The molecule has 0 saturated carbocycles. The number of hydrogen-bond donors (Lipinski definition) is 2. The number of phosphoric acid groups is 1. The average Bonchev–Trinajstić information content (AvgIpc) is 2.00. The molecule has 0 fully saturated rings. The lowest BCUT2D eigenvalue weighted by molar-refractivity contribution is -0.133. The van der Waals surface area contributed by atoms with Gasteiger partial charge in [0.05, 0.1) is 6.61 Å². The highest BCUT2D eigenvalue weighted by atomic mass is 31.2. The fourth-order valence-corrected chi connectivity index (χ4v) is 1.01. The van der Waals surface area contributed by atoms with Crippen LogP contribution in [-0.4, -0.2) is 22.4 Å². The lowest BCUT2D eigenvalue weighted by Gasteiger charge is -2.07. The van der Waals surface area contributed by atoms with Crippen LogP contribution in [0.5, 0.6) is 0 Å². The molecule has 0 aromatic heterocycles. The van der Waals surface area contributed by atoms with Crippen LogP contribution in [0, 0.1) is 0 Å². The van der Waals surface area contributed by atoms with Gasteiger partial charge < -0.3 is 4.52 Å². The second-order valence-electron chi connectivity index (χ2n) is 1.73. The predicted octanol–water partition coefficient (Wildman–Crippen LogP) is 0.770. The molecule has 82 valence electrons. The quantitative estimate of drug-likeness (QED) is 0.555. The van der Waals surface area contributed by atoms with Crippen molar-refractivity contribution in [2.75, 3.05) is 6.61 Å². The van der Waals surface area contributed by atoms with Gasteiger partial charge in [0, 0.05) is 6.92 Å². The lowest BCUT2D eigenvalue weighted by Crippen LogP contribution is -1.99. The van der Waals surface area contributed by atoms with Crippen LogP contribution in [0.1, 0.15) is 6.92 Å². The maximum Gasteiger partial charge on any atom is 0.529 e. The molecule has 0 aromatic rings. The number of carbonyl (C=O) groups excluding carboxylic acids is 1. The summed E-state index contributed by atoms with van der Waals surface area (Å²) in [5.74, 6) is -0.861. The molecule has 0 rings (SSSR count). The van der Waals surface area contributed by atoms with E-state index in [9.17, 15) is 9.36 Å². The Labute approximate surface area is 82.2 Å². The summed E-state index contributed by atoms with van der Waals surface area (Å²) < 4.78 is 27.3. The summed E-state index contributed by atoms with van der Waals surface area (Å²) in [6, 6.07) is 0. The molecular formula is C5H11O7P2+. The largest absolute Gasteiger partial charge is 0.529 e. The predicted molar refractivity (Wildman–Crippen MR) is 49.0 cm³/mol. The molecule has 0 radical (unpaired) electrons. The fourth-order valence-electron chi connectivity index (χ4n) is 0.336. The van der Waals surface area contributed by atoms with Gasteiger partial charge >= 0.3 is 22.5 Å². The van der Waals surface area contributed by atoms with Crippen LogP contribution in [0.25, 0.3) is 0 Å². The molecule has 0 spiro atoms. The topological polar surface area (TPSA) is 110 Å². The summed E-state index contributed by atoms with van der Waals surface area (Å²) in [5.41, 5.74) is 0. The Balaban J connectivity index is 0. The molecule has 7 nitrogen and oxygen atoms in total. The minimum atomic E-state index is -4.19. The third-order valence-electron chi connectivity index (χ3n) is 0.599. The zero-order valence-corrected chi connectivity index (χ0v) is 9.27. The van der Waals surface area contributed by atoms with Gasteiger partial charge in [0.15, 0.2) is 0 Å². The van der Waals surface area contributed by atoms with Gasteiger partial charge in [-0.25, -0.2) is 4.57 Å². The van der Waals surface area contributed by atoms with Crippen LogP contribution in [0.4, 0.5) is 0 Å². The number of rotatable bonds is 4. The molecule has 0 saturated heterocycles. The van der Waals surface area contributed by atoms with Crippen LogP contribution in [0.3, 0.4) is 0 Å². The molecule has 14 heavy (non-hydrogen) atoms. The van der Waals surface area contributed by atoms with Gasteiger partial charge in [0.25, 0.3) is 0 Å². The standard InChI is InChI=1S/C5H9O5P.HO2P/c1-3-4-9-11(7,8)10-5(2)6;1-3-2/h3H,1,4H2,2H3,(H,7,8);3H/p+1. The maximum absolute atomic E-state index is 10.6. The monoisotopic (exact) mass is 245 g/mol. The highest BCUT2D eigenvalue weighted by molar-refractivity contribution is 7.48. The van der Waals surface area contributed by atoms with Crippen molar-refractivity contribution in [2.24, 2.45) is 0 Å². The van der Waals surface area contributed by atoms with E-state index in [1.165, 1.54) is 6.08 Å². The zero-order chi connectivity index (χ0) is 11.6. The Morgan fingerprint density at radius 1 is 1.71 bits per heavy atom. The van der Waals surface area contributed by atoms with E-state index < -0.39 is 22.5 Å². The van der Waals surface area contributed by atoms with Crippen LogP contribution in [-0.2, 0) is 23.0 Å². The summed E-state index contributed by atoms with van der Waals surface area (Å²) in [4.78, 5) is 25.9. The van der Waals surface area contributed by atoms with Crippen molar-refractivity contribution in [3.8, 4) is 0 Å². The number of hydrogen-bond acceptors (Lipinski definition) is 5. The van der Waals surface area contributed by atoms with Crippen molar-refractivity contribution in [3.05, 3.63) is 12.7 Å². The van der Waals surface area contributed by atoms with E-state index in [0.29, 0.717) is 0 Å². The molecular weight excluding hydrogens is 234 g/mol. The molecule has 0 aliphatic rings. The van der Waals surface area contributed by atoms with Crippen molar-refractivity contribution in [1.29, 1.82) is 0 Å². The molecule has 2 N–H and O–H groups in total. The molecule has 0 aliphatic carbocycles. The summed E-state index contributed by atoms with van der Waals surface area (Å²) in [5, 5.41) is 0. The third kappa shape index (κ3) is 14.0. The molecule has 2 atom stereocenters. The van der Waals surface area contributed by atoms with Crippen LogP contribution in [0.2, 0.25) is 0 Å². The molecule has 9 heteroatoms. The van der Waals surface area contributed by atoms with E-state index in [0.717, 1.165) is 6.92 Å². The van der Waals surface area contributed by atoms with Crippen LogP contribution in [0.15, 0.2) is 12.7 Å². The van der Waals surface area contributed by atoms with E-state index in [1.54, 1.807) is 0 Å². The van der Waals surface area contributed by atoms with Gasteiger partial charge in [-0.05, 0) is 4.57 Å². The highest BCUT2D eigenvalue weighted by Crippen LogP contribution is 2.42. The average molecular weight is 245 g/mol. The van der Waals surface area contributed by atoms with E-state index in [1.807, 2.05) is 0 Å². The van der Waals surface area contributed by atoms with Crippen molar-refractivity contribution in [3.63, 3.8) is 0 Å². The summed E-state index contributed by atoms with van der Waals surface area (Å²) in [7, 11) is -5.35. The minimum absolute atomic E-state index is 0.138. The van der Waals surface area contributed by atoms with Crippen LogP contribution < -0.4 is 0 Å². The summed E-state index contributed by atoms with van der Waals surface area (Å²) >= 11 is 0. The van der Waals surface area contributed by atoms with Crippen molar-refractivity contribution in [1.82, 2.24) is 0 Å². The molecule has 0 aliphatic heterocycles. The molecule has 2 unspecified atom stereocenters. The van der Waals surface area contributed by atoms with Crippen molar-refractivity contribution >= 4 is 22.5 Å². The first-order valence-corrected chi connectivity index (χ1v) is 5.54. The normalized spacial score (nSPS) is 13.4. The first-order valence-electron chi connectivity index (χ1n) is 3.19. The molecule has 0 heterocycles. The molecule has 0 bridgehead atoms. The summed E-state index contributed by atoms with van der Waals surface area (Å²) in [6.07, 6.45) is 1.27. The van der Waals surface area contributed by atoms with Gasteiger partial charge in [-0.2, -0.15) is 4.89 Å².